The molecule has 138 valence electrons. The summed E-state index contributed by atoms with van der Waals surface area (Å²) in [7, 11) is -3.47. The number of benzene rings is 2. The number of hydrogen-bond donors (Lipinski definition) is 3. The molecule has 3 rings (SSSR count). The molecule has 0 spiro atoms. The van der Waals surface area contributed by atoms with Gasteiger partial charge in [-0.25, -0.2) is 12.8 Å². The van der Waals surface area contributed by atoms with Gasteiger partial charge in [-0.2, -0.15) is 0 Å². The van der Waals surface area contributed by atoms with Crippen molar-refractivity contribution in [3.8, 4) is 0 Å². The van der Waals surface area contributed by atoms with Crippen LogP contribution in [0.2, 0.25) is 0 Å². The molecule has 8 heteroatoms. The number of nitrogens with one attached hydrogen (secondary N) is 3. The van der Waals surface area contributed by atoms with Gasteiger partial charge in [0, 0.05) is 12.1 Å². The van der Waals surface area contributed by atoms with Crippen LogP contribution < -0.4 is 15.4 Å². The van der Waals surface area contributed by atoms with Crippen LogP contribution in [0.15, 0.2) is 30.3 Å². The Morgan fingerprint density at radius 3 is 2.69 bits per heavy atom. The van der Waals surface area contributed by atoms with Gasteiger partial charge in [0.25, 0.3) is 5.91 Å². The second kappa shape index (κ2) is 7.05. The van der Waals surface area contributed by atoms with Crippen molar-refractivity contribution in [2.45, 2.75) is 19.9 Å². The fourth-order valence-corrected chi connectivity index (χ4v) is 3.52. The van der Waals surface area contributed by atoms with E-state index < -0.39 is 21.7 Å². The van der Waals surface area contributed by atoms with Crippen molar-refractivity contribution in [2.75, 3.05) is 22.8 Å². The molecule has 26 heavy (non-hydrogen) atoms. The maximum atomic E-state index is 14.7. The number of amides is 1. The van der Waals surface area contributed by atoms with E-state index in [4.69, 9.17) is 0 Å². The van der Waals surface area contributed by atoms with Gasteiger partial charge in [-0.05, 0) is 54.8 Å². The van der Waals surface area contributed by atoms with E-state index in [1.54, 1.807) is 31.2 Å². The number of hydrogen-bond acceptors (Lipinski definition) is 4. The number of aryl methyl sites for hydroxylation is 1. The molecule has 0 atom stereocenters. The molecular formula is C18H20FN3O3S. The zero-order valence-corrected chi connectivity index (χ0v) is 15.3. The summed E-state index contributed by atoms with van der Waals surface area (Å²) in [6.07, 6.45) is 1.61. The number of anilines is 2. The second-order valence-corrected chi connectivity index (χ2v) is 8.10. The van der Waals surface area contributed by atoms with Crippen molar-refractivity contribution in [1.29, 1.82) is 0 Å². The van der Waals surface area contributed by atoms with E-state index >= 15 is 0 Å². The molecule has 0 radical (unpaired) electrons. The molecule has 1 aliphatic rings. The third-order valence-electron chi connectivity index (χ3n) is 4.25. The average molecular weight is 377 g/mol. The summed E-state index contributed by atoms with van der Waals surface area (Å²) in [5, 5.41) is 5.75. The second-order valence-electron chi connectivity index (χ2n) is 6.35. The first-order valence-electron chi connectivity index (χ1n) is 8.15. The van der Waals surface area contributed by atoms with Crippen molar-refractivity contribution in [3.63, 3.8) is 0 Å². The van der Waals surface area contributed by atoms with Crippen LogP contribution in [-0.2, 0) is 23.0 Å². The Labute approximate surface area is 151 Å². The Morgan fingerprint density at radius 2 is 1.96 bits per heavy atom. The smallest absolute Gasteiger partial charge is 0.255 e. The standard InChI is InChI=1S/C18H20FN3O3S/c1-11-3-4-12(9-16(11)22-26(2,24)25)18(23)21-15-6-5-13-10-20-8-7-14(13)17(15)19/h3-6,9,20,22H,7-8,10H2,1-2H3,(H,21,23). The fraction of sp³-hybridized carbons (Fsp3) is 0.278. The quantitative estimate of drug-likeness (QED) is 0.764. The zero-order valence-electron chi connectivity index (χ0n) is 14.5. The topological polar surface area (TPSA) is 87.3 Å². The van der Waals surface area contributed by atoms with Crippen LogP contribution in [0, 0.1) is 12.7 Å². The highest BCUT2D eigenvalue weighted by molar-refractivity contribution is 7.92. The fourth-order valence-electron chi connectivity index (χ4n) is 2.90. The van der Waals surface area contributed by atoms with Crippen LogP contribution in [0.3, 0.4) is 0 Å². The van der Waals surface area contributed by atoms with E-state index in [-0.39, 0.29) is 11.3 Å². The third kappa shape index (κ3) is 4.03. The predicted molar refractivity (Wildman–Crippen MR) is 99.4 cm³/mol. The van der Waals surface area contributed by atoms with E-state index in [1.165, 1.54) is 6.07 Å². The average Bonchev–Trinajstić information content (AvgIpc) is 2.58. The molecule has 0 aromatic heterocycles. The van der Waals surface area contributed by atoms with E-state index in [2.05, 4.69) is 15.4 Å². The van der Waals surface area contributed by atoms with Crippen molar-refractivity contribution >= 4 is 27.3 Å². The van der Waals surface area contributed by atoms with Gasteiger partial charge < -0.3 is 10.6 Å². The summed E-state index contributed by atoms with van der Waals surface area (Å²) < 4.78 is 39.9. The van der Waals surface area contributed by atoms with Crippen LogP contribution >= 0.6 is 0 Å². The minimum Gasteiger partial charge on any atom is -0.319 e. The summed E-state index contributed by atoms with van der Waals surface area (Å²) in [6, 6.07) is 7.98. The molecular weight excluding hydrogens is 357 g/mol. The minimum atomic E-state index is -3.47. The van der Waals surface area contributed by atoms with Gasteiger partial charge >= 0.3 is 0 Å². The first kappa shape index (κ1) is 18.3. The third-order valence-corrected chi connectivity index (χ3v) is 4.84. The molecule has 0 saturated heterocycles. The Kier molecular flexibility index (Phi) is 4.97. The molecule has 2 aromatic carbocycles. The highest BCUT2D eigenvalue weighted by Gasteiger charge is 2.18. The highest BCUT2D eigenvalue weighted by atomic mass is 32.2. The molecule has 1 heterocycles. The van der Waals surface area contributed by atoms with Gasteiger partial charge in [-0.3, -0.25) is 9.52 Å². The van der Waals surface area contributed by atoms with Crippen LogP contribution in [0.4, 0.5) is 15.8 Å². The lowest BCUT2D eigenvalue weighted by Crippen LogP contribution is -2.25. The number of carbonyl (C=O) groups is 1. The Morgan fingerprint density at radius 1 is 1.19 bits per heavy atom. The van der Waals surface area contributed by atoms with Crippen LogP contribution in [0.1, 0.15) is 27.0 Å². The monoisotopic (exact) mass is 377 g/mol. The number of rotatable bonds is 4. The van der Waals surface area contributed by atoms with Gasteiger partial charge in [0.1, 0.15) is 5.82 Å². The van der Waals surface area contributed by atoms with Gasteiger partial charge in [-0.1, -0.05) is 12.1 Å². The van der Waals surface area contributed by atoms with Gasteiger partial charge in [-0.15, -0.1) is 0 Å². The maximum absolute atomic E-state index is 14.7. The molecule has 0 saturated carbocycles. The Hall–Kier alpha value is -2.45. The predicted octanol–water partition coefficient (Wildman–Crippen LogP) is 2.40. The molecule has 2 aromatic rings. The van der Waals surface area contributed by atoms with E-state index in [0.717, 1.165) is 11.8 Å². The van der Waals surface area contributed by atoms with Crippen molar-refractivity contribution in [3.05, 3.63) is 58.4 Å². The lowest BCUT2D eigenvalue weighted by Gasteiger charge is -2.19. The van der Waals surface area contributed by atoms with E-state index in [9.17, 15) is 17.6 Å². The lowest BCUT2D eigenvalue weighted by atomic mass is 9.99. The lowest BCUT2D eigenvalue weighted by molar-refractivity contribution is 0.102. The Bertz CT molecular complexity index is 974. The number of carbonyl (C=O) groups excluding carboxylic acids is 1. The first-order chi connectivity index (χ1) is 12.2. The molecule has 1 amide bonds. The largest absolute Gasteiger partial charge is 0.319 e. The number of sulfonamides is 1. The molecule has 0 fully saturated rings. The van der Waals surface area contributed by atoms with Gasteiger partial charge in [0.15, 0.2) is 0 Å². The van der Waals surface area contributed by atoms with Crippen molar-refractivity contribution in [1.82, 2.24) is 5.32 Å². The normalized spacial score (nSPS) is 13.8. The van der Waals surface area contributed by atoms with Crippen LogP contribution in [0.25, 0.3) is 0 Å². The molecule has 3 N–H and O–H groups in total. The first-order valence-corrected chi connectivity index (χ1v) is 10.0. The summed E-state index contributed by atoms with van der Waals surface area (Å²) >= 11 is 0. The van der Waals surface area contributed by atoms with Crippen molar-refractivity contribution in [2.24, 2.45) is 0 Å². The molecule has 0 unspecified atom stereocenters. The maximum Gasteiger partial charge on any atom is 0.255 e. The highest BCUT2D eigenvalue weighted by Crippen LogP contribution is 2.25. The van der Waals surface area contributed by atoms with Crippen molar-refractivity contribution < 1.29 is 17.6 Å². The van der Waals surface area contributed by atoms with E-state index in [1.807, 2.05) is 0 Å². The Balaban J connectivity index is 1.86. The molecule has 1 aliphatic heterocycles. The summed E-state index contributed by atoms with van der Waals surface area (Å²) in [5.41, 5.74) is 2.86. The molecule has 6 nitrogen and oxygen atoms in total. The van der Waals surface area contributed by atoms with E-state index in [0.29, 0.717) is 36.3 Å². The molecule has 0 aliphatic carbocycles. The van der Waals surface area contributed by atoms with Gasteiger partial charge in [0.05, 0.1) is 17.6 Å². The number of fused-ring (bicyclic) bond motifs is 1. The van der Waals surface area contributed by atoms with Gasteiger partial charge in [0.2, 0.25) is 10.0 Å². The SMILES string of the molecule is Cc1ccc(C(=O)Nc2ccc3c(c2F)CCNC3)cc1NS(C)(=O)=O. The zero-order chi connectivity index (χ0) is 18.9. The summed E-state index contributed by atoms with van der Waals surface area (Å²) in [4.78, 5) is 12.5. The van der Waals surface area contributed by atoms with Crippen LogP contribution in [0.5, 0.6) is 0 Å². The minimum absolute atomic E-state index is 0.119. The summed E-state index contributed by atoms with van der Waals surface area (Å²) in [5.74, 6) is -0.923. The van der Waals surface area contributed by atoms with Crippen LogP contribution in [-0.4, -0.2) is 27.1 Å². The number of halogens is 1. The summed E-state index contributed by atoms with van der Waals surface area (Å²) in [6.45, 7) is 3.03. The molecule has 0 bridgehead atoms.